The Morgan fingerprint density at radius 2 is 1.92 bits per heavy atom. The van der Waals surface area contributed by atoms with E-state index in [1.54, 1.807) is 31.4 Å². The lowest BCUT2D eigenvalue weighted by Gasteiger charge is -2.49. The molecule has 8 heteroatoms. The van der Waals surface area contributed by atoms with Gasteiger partial charge in [-0.05, 0) is 74.7 Å². The molecule has 36 heavy (non-hydrogen) atoms. The number of piperidine rings is 3. The minimum absolute atomic E-state index is 0.00836. The SMILES string of the molecule is COc1ccccc1-c1cc(C2CN3CCC2CC3COC(=O)Nc2ccc(C(C)=O)cc2)n(C)n1. The summed E-state index contributed by atoms with van der Waals surface area (Å²) in [6.45, 7) is 3.82. The van der Waals surface area contributed by atoms with Crippen molar-refractivity contribution in [1.29, 1.82) is 0 Å². The number of rotatable bonds is 7. The highest BCUT2D eigenvalue weighted by Crippen LogP contribution is 2.43. The maximum Gasteiger partial charge on any atom is 0.411 e. The normalized spacial score (nSPS) is 22.8. The zero-order valence-corrected chi connectivity index (χ0v) is 20.9. The molecule has 3 saturated heterocycles. The molecule has 188 valence electrons. The second-order valence-electron chi connectivity index (χ2n) is 9.68. The van der Waals surface area contributed by atoms with Crippen molar-refractivity contribution in [3.05, 3.63) is 65.9 Å². The van der Waals surface area contributed by atoms with Crippen LogP contribution in [0.5, 0.6) is 5.75 Å². The fourth-order valence-electron chi connectivity index (χ4n) is 5.58. The second-order valence-corrected chi connectivity index (χ2v) is 9.68. The maximum absolute atomic E-state index is 12.4. The van der Waals surface area contributed by atoms with E-state index in [9.17, 15) is 9.59 Å². The Kier molecular flexibility index (Phi) is 6.78. The Hall–Kier alpha value is -3.65. The van der Waals surface area contributed by atoms with Gasteiger partial charge in [-0.3, -0.25) is 19.7 Å². The molecule has 4 unspecified atom stereocenters. The minimum atomic E-state index is -0.474. The summed E-state index contributed by atoms with van der Waals surface area (Å²) in [5, 5.41) is 7.55. The van der Waals surface area contributed by atoms with Crippen molar-refractivity contribution in [1.82, 2.24) is 14.7 Å². The van der Waals surface area contributed by atoms with Crippen molar-refractivity contribution in [3.63, 3.8) is 0 Å². The average Bonchev–Trinajstić information content (AvgIpc) is 3.29. The fourth-order valence-corrected chi connectivity index (χ4v) is 5.58. The highest BCUT2D eigenvalue weighted by Gasteiger charge is 2.42. The molecule has 6 rings (SSSR count). The first-order valence-electron chi connectivity index (χ1n) is 12.4. The van der Waals surface area contributed by atoms with E-state index in [1.165, 1.54) is 12.6 Å². The van der Waals surface area contributed by atoms with Crippen molar-refractivity contribution in [2.75, 3.05) is 32.1 Å². The number of anilines is 1. The first-order chi connectivity index (χ1) is 17.4. The number of nitrogens with zero attached hydrogens (tertiary/aromatic N) is 3. The Morgan fingerprint density at radius 3 is 2.61 bits per heavy atom. The van der Waals surface area contributed by atoms with Gasteiger partial charge >= 0.3 is 6.09 Å². The van der Waals surface area contributed by atoms with E-state index in [4.69, 9.17) is 14.6 Å². The molecule has 0 aliphatic carbocycles. The van der Waals surface area contributed by atoms with Crippen LogP contribution in [0, 0.1) is 5.92 Å². The zero-order chi connectivity index (χ0) is 25.2. The molecule has 3 aliphatic heterocycles. The maximum atomic E-state index is 12.4. The monoisotopic (exact) mass is 488 g/mol. The lowest BCUT2D eigenvalue weighted by molar-refractivity contribution is -0.00222. The number of aromatic nitrogens is 2. The molecular weight excluding hydrogens is 456 g/mol. The number of hydrogen-bond acceptors (Lipinski definition) is 6. The molecule has 0 saturated carbocycles. The van der Waals surface area contributed by atoms with Crippen molar-refractivity contribution in [2.24, 2.45) is 13.0 Å². The van der Waals surface area contributed by atoms with Gasteiger partial charge in [0.15, 0.2) is 5.78 Å². The number of aryl methyl sites for hydroxylation is 1. The van der Waals surface area contributed by atoms with Crippen molar-refractivity contribution in [3.8, 4) is 17.0 Å². The van der Waals surface area contributed by atoms with Gasteiger partial charge < -0.3 is 9.47 Å². The Morgan fingerprint density at radius 1 is 1.14 bits per heavy atom. The van der Waals surface area contributed by atoms with Gasteiger partial charge in [0.1, 0.15) is 12.4 Å². The summed E-state index contributed by atoms with van der Waals surface area (Å²) in [6, 6.07) is 17.2. The molecule has 1 amide bonds. The molecule has 4 heterocycles. The summed E-state index contributed by atoms with van der Waals surface area (Å²) in [4.78, 5) is 26.2. The largest absolute Gasteiger partial charge is 0.496 e. The van der Waals surface area contributed by atoms with Crippen LogP contribution in [0.2, 0.25) is 0 Å². The first kappa shape index (κ1) is 24.1. The summed E-state index contributed by atoms with van der Waals surface area (Å²) < 4.78 is 13.1. The highest BCUT2D eigenvalue weighted by molar-refractivity contribution is 5.94. The van der Waals surface area contributed by atoms with Crippen LogP contribution in [-0.2, 0) is 11.8 Å². The standard InChI is InChI=1S/C28H32N4O4/c1-18(33)19-8-10-21(11-9-19)29-28(34)36-17-22-14-20-12-13-32(22)16-24(20)26-15-25(30-31(26)2)23-6-4-5-7-27(23)35-3/h4-11,15,20,22,24H,12-14,16-17H2,1-3H3,(H,29,34). The van der Waals surface area contributed by atoms with Crippen LogP contribution in [0.25, 0.3) is 11.3 Å². The van der Waals surface area contributed by atoms with E-state index in [1.807, 2.05) is 36.0 Å². The third-order valence-electron chi connectivity index (χ3n) is 7.50. The highest BCUT2D eigenvalue weighted by atomic mass is 16.5. The van der Waals surface area contributed by atoms with Crippen LogP contribution in [0.3, 0.4) is 0 Å². The lowest BCUT2D eigenvalue weighted by atomic mass is 9.74. The van der Waals surface area contributed by atoms with Gasteiger partial charge in [0.2, 0.25) is 0 Å². The van der Waals surface area contributed by atoms with Crippen molar-refractivity contribution >= 4 is 17.6 Å². The Balaban J connectivity index is 1.20. The third-order valence-corrected chi connectivity index (χ3v) is 7.50. The Bertz CT molecular complexity index is 1250. The number of ether oxygens (including phenoxy) is 2. The fraction of sp³-hybridized carbons (Fsp3) is 0.393. The van der Waals surface area contributed by atoms with Crippen LogP contribution >= 0.6 is 0 Å². The molecule has 8 nitrogen and oxygen atoms in total. The van der Waals surface area contributed by atoms with Crippen LogP contribution < -0.4 is 10.1 Å². The number of methoxy groups -OCH3 is 1. The van der Waals surface area contributed by atoms with Crippen LogP contribution in [-0.4, -0.2) is 59.4 Å². The molecule has 2 aromatic carbocycles. The summed E-state index contributed by atoms with van der Waals surface area (Å²) in [6.07, 6.45) is 1.64. The molecule has 3 aromatic rings. The Labute approximate surface area is 211 Å². The van der Waals surface area contributed by atoms with Gasteiger partial charge in [0, 0.05) is 48.1 Å². The van der Waals surface area contributed by atoms with Crippen LogP contribution in [0.15, 0.2) is 54.6 Å². The predicted octanol–water partition coefficient (Wildman–Crippen LogP) is 4.72. The number of carbonyl (C=O) groups excluding carboxylic acids is 2. The predicted molar refractivity (Wildman–Crippen MR) is 137 cm³/mol. The molecule has 1 aromatic heterocycles. The van der Waals surface area contributed by atoms with Crippen molar-refractivity contribution in [2.45, 2.75) is 31.7 Å². The number of benzene rings is 2. The van der Waals surface area contributed by atoms with Gasteiger partial charge in [-0.1, -0.05) is 12.1 Å². The average molecular weight is 489 g/mol. The van der Waals surface area contributed by atoms with Crippen LogP contribution in [0.4, 0.5) is 10.5 Å². The number of amides is 1. The summed E-state index contributed by atoms with van der Waals surface area (Å²) in [5.74, 6) is 1.73. The molecule has 0 radical (unpaired) electrons. The van der Waals surface area contributed by atoms with Gasteiger partial charge in [0.25, 0.3) is 0 Å². The topological polar surface area (TPSA) is 85.7 Å². The second kappa shape index (κ2) is 10.1. The number of Topliss-reactive ketones (excluding diaryl/α,β-unsaturated/α-hetero) is 1. The summed E-state index contributed by atoms with van der Waals surface area (Å²) in [5.41, 5.74) is 4.37. The van der Waals surface area contributed by atoms with Crippen molar-refractivity contribution < 1.29 is 19.1 Å². The van der Waals surface area contributed by atoms with Gasteiger partial charge in [-0.2, -0.15) is 5.10 Å². The summed E-state index contributed by atoms with van der Waals surface area (Å²) in [7, 11) is 3.70. The number of hydrogen-bond donors (Lipinski definition) is 1. The van der Waals surface area contributed by atoms with E-state index in [-0.39, 0.29) is 11.8 Å². The lowest BCUT2D eigenvalue weighted by Crippen LogP contribution is -2.54. The minimum Gasteiger partial charge on any atom is -0.496 e. The third kappa shape index (κ3) is 4.86. The van der Waals surface area contributed by atoms with Gasteiger partial charge in [-0.25, -0.2) is 4.79 Å². The van der Waals surface area contributed by atoms with E-state index in [2.05, 4.69) is 16.3 Å². The molecule has 4 atom stereocenters. The summed E-state index contributed by atoms with van der Waals surface area (Å²) >= 11 is 0. The molecule has 1 N–H and O–H groups in total. The van der Waals surface area contributed by atoms with Gasteiger partial charge in [0.05, 0.1) is 12.8 Å². The van der Waals surface area contributed by atoms with E-state index < -0.39 is 6.09 Å². The molecule has 0 spiro atoms. The van der Waals surface area contributed by atoms with E-state index >= 15 is 0 Å². The smallest absolute Gasteiger partial charge is 0.411 e. The van der Waals surface area contributed by atoms with E-state index in [0.717, 1.165) is 42.9 Å². The zero-order valence-electron chi connectivity index (χ0n) is 20.9. The number of para-hydroxylation sites is 1. The molecular formula is C28H32N4O4. The quantitative estimate of drug-likeness (QED) is 0.484. The molecule has 3 fully saturated rings. The number of fused-ring (bicyclic) bond motifs is 3. The molecule has 2 bridgehead atoms. The van der Waals surface area contributed by atoms with Crippen LogP contribution in [0.1, 0.15) is 41.7 Å². The van der Waals surface area contributed by atoms with Gasteiger partial charge in [-0.15, -0.1) is 0 Å². The number of ketones is 1. The first-order valence-corrected chi connectivity index (χ1v) is 12.4. The number of carbonyl (C=O) groups is 2. The molecule has 3 aliphatic rings. The number of nitrogens with one attached hydrogen (secondary N) is 1. The van der Waals surface area contributed by atoms with E-state index in [0.29, 0.717) is 29.7 Å².